The summed E-state index contributed by atoms with van der Waals surface area (Å²) in [6.45, 7) is -2.56. The lowest BCUT2D eigenvalue weighted by atomic mass is 10.1. The van der Waals surface area contributed by atoms with Crippen LogP contribution in [-0.2, 0) is 6.54 Å². The van der Waals surface area contributed by atoms with Crippen molar-refractivity contribution in [2.24, 2.45) is 0 Å². The van der Waals surface area contributed by atoms with E-state index in [2.05, 4.69) is 4.74 Å². The predicted octanol–water partition coefficient (Wildman–Crippen LogP) is 4.28. The smallest absolute Gasteiger partial charge is 0.387 e. The third-order valence-electron chi connectivity index (χ3n) is 3.00. The average Bonchev–Trinajstić information content (AvgIpc) is 2.91. The van der Waals surface area contributed by atoms with E-state index in [0.29, 0.717) is 16.4 Å². The predicted molar refractivity (Wildman–Crippen MR) is 84.8 cm³/mol. The highest BCUT2D eigenvalue weighted by Gasteiger charge is 2.17. The van der Waals surface area contributed by atoms with E-state index in [9.17, 15) is 13.6 Å². The number of alkyl halides is 2. The Labute approximate surface area is 141 Å². The highest BCUT2D eigenvalue weighted by molar-refractivity contribution is 7.16. The first-order valence-electron chi connectivity index (χ1n) is 6.53. The van der Waals surface area contributed by atoms with Crippen LogP contribution in [0.15, 0.2) is 30.3 Å². The Morgan fingerprint density at radius 2 is 2.04 bits per heavy atom. The van der Waals surface area contributed by atoms with Crippen molar-refractivity contribution in [3.63, 3.8) is 0 Å². The molecule has 0 radical (unpaired) electrons. The summed E-state index contributed by atoms with van der Waals surface area (Å²) in [5, 5.41) is 0. The van der Waals surface area contributed by atoms with Crippen LogP contribution in [0.1, 0.15) is 15.2 Å². The Morgan fingerprint density at radius 1 is 1.30 bits per heavy atom. The zero-order valence-electron chi connectivity index (χ0n) is 12.4. The first-order valence-corrected chi connectivity index (χ1v) is 7.72. The molecule has 0 N–H and O–H groups in total. The van der Waals surface area contributed by atoms with Crippen molar-refractivity contribution in [3.8, 4) is 11.5 Å². The van der Waals surface area contributed by atoms with Crippen LogP contribution < -0.4 is 9.47 Å². The minimum absolute atomic E-state index is 0.0729. The van der Waals surface area contributed by atoms with Crippen molar-refractivity contribution in [2.75, 3.05) is 14.2 Å². The number of nitrogens with zero attached hydrogens (tertiary/aromatic N) is 1. The molecule has 0 saturated heterocycles. The number of benzene rings is 1. The molecule has 124 valence electrons. The van der Waals surface area contributed by atoms with Crippen LogP contribution in [-0.4, -0.2) is 31.6 Å². The van der Waals surface area contributed by atoms with Gasteiger partial charge in [-0.15, -0.1) is 11.3 Å². The molecule has 23 heavy (non-hydrogen) atoms. The van der Waals surface area contributed by atoms with Gasteiger partial charge in [0.2, 0.25) is 0 Å². The third-order valence-corrected chi connectivity index (χ3v) is 4.21. The van der Waals surface area contributed by atoms with E-state index in [0.717, 1.165) is 4.88 Å². The van der Waals surface area contributed by atoms with Gasteiger partial charge in [-0.05, 0) is 30.3 Å². The largest absolute Gasteiger partial charge is 0.493 e. The maximum atomic E-state index is 12.4. The Morgan fingerprint density at radius 3 is 2.61 bits per heavy atom. The van der Waals surface area contributed by atoms with Crippen LogP contribution in [0, 0.1) is 0 Å². The van der Waals surface area contributed by atoms with Crippen molar-refractivity contribution in [1.82, 2.24) is 4.90 Å². The summed E-state index contributed by atoms with van der Waals surface area (Å²) in [4.78, 5) is 14.9. The fourth-order valence-electron chi connectivity index (χ4n) is 1.96. The quantitative estimate of drug-likeness (QED) is 0.770. The van der Waals surface area contributed by atoms with E-state index in [-0.39, 0.29) is 17.4 Å². The number of ether oxygens (including phenoxy) is 2. The maximum absolute atomic E-state index is 12.4. The van der Waals surface area contributed by atoms with E-state index >= 15 is 0 Å². The van der Waals surface area contributed by atoms with Gasteiger partial charge in [0.15, 0.2) is 11.5 Å². The summed E-state index contributed by atoms with van der Waals surface area (Å²) in [6.07, 6.45) is 0. The van der Waals surface area contributed by atoms with Gasteiger partial charge < -0.3 is 14.4 Å². The number of hydrogen-bond acceptors (Lipinski definition) is 4. The summed E-state index contributed by atoms with van der Waals surface area (Å²) in [6, 6.07) is 7.68. The molecular formula is C15H14ClF2NO3S. The fourth-order valence-corrected chi connectivity index (χ4v) is 3.10. The topological polar surface area (TPSA) is 38.8 Å². The molecule has 1 heterocycles. The molecule has 0 atom stereocenters. The monoisotopic (exact) mass is 361 g/mol. The number of hydrogen-bond donors (Lipinski definition) is 0. The van der Waals surface area contributed by atoms with Crippen molar-refractivity contribution < 1.29 is 23.0 Å². The number of carbonyl (C=O) groups excluding carboxylic acids is 1. The van der Waals surface area contributed by atoms with Crippen LogP contribution >= 0.6 is 22.9 Å². The number of carbonyl (C=O) groups is 1. The summed E-state index contributed by atoms with van der Waals surface area (Å²) in [5.41, 5.74) is 0.314. The number of rotatable bonds is 6. The number of methoxy groups -OCH3 is 1. The Balaban J connectivity index is 2.14. The van der Waals surface area contributed by atoms with Crippen LogP contribution in [0.4, 0.5) is 8.78 Å². The van der Waals surface area contributed by atoms with E-state index in [4.69, 9.17) is 16.3 Å². The van der Waals surface area contributed by atoms with Gasteiger partial charge in [-0.25, -0.2) is 0 Å². The molecule has 0 aliphatic rings. The van der Waals surface area contributed by atoms with Gasteiger partial charge in [-0.2, -0.15) is 8.78 Å². The van der Waals surface area contributed by atoms with Gasteiger partial charge in [-0.1, -0.05) is 11.6 Å². The van der Waals surface area contributed by atoms with Gasteiger partial charge in [0.1, 0.15) is 0 Å². The van der Waals surface area contributed by atoms with Crippen LogP contribution in [0.25, 0.3) is 0 Å². The molecule has 0 spiro atoms. The molecule has 0 aliphatic heterocycles. The molecule has 2 rings (SSSR count). The van der Waals surface area contributed by atoms with E-state index in [1.807, 2.05) is 6.07 Å². The minimum atomic E-state index is -2.96. The van der Waals surface area contributed by atoms with Gasteiger partial charge >= 0.3 is 6.61 Å². The van der Waals surface area contributed by atoms with Crippen molar-refractivity contribution in [1.29, 1.82) is 0 Å². The van der Waals surface area contributed by atoms with Gasteiger partial charge in [0.25, 0.3) is 5.91 Å². The van der Waals surface area contributed by atoms with Crippen molar-refractivity contribution >= 4 is 28.8 Å². The van der Waals surface area contributed by atoms with Crippen LogP contribution in [0.5, 0.6) is 11.5 Å². The molecule has 2 aromatic rings. The third kappa shape index (κ3) is 4.56. The van der Waals surface area contributed by atoms with E-state index < -0.39 is 6.61 Å². The lowest BCUT2D eigenvalue weighted by Crippen LogP contribution is -2.25. The number of thiophene rings is 1. The summed E-state index contributed by atoms with van der Waals surface area (Å²) in [5.74, 6) is -0.313. The Bertz CT molecular complexity index is 693. The Hall–Kier alpha value is -1.86. The molecule has 0 bridgehead atoms. The van der Waals surface area contributed by atoms with Crippen molar-refractivity contribution in [2.45, 2.75) is 13.2 Å². The number of halogens is 3. The minimum Gasteiger partial charge on any atom is -0.493 e. The molecule has 4 nitrogen and oxygen atoms in total. The molecule has 1 aromatic heterocycles. The van der Waals surface area contributed by atoms with E-state index in [1.54, 1.807) is 13.1 Å². The maximum Gasteiger partial charge on any atom is 0.387 e. The standard InChI is InChI=1S/C15H14ClF2NO3S/c1-19(8-10-4-6-13(16)23-10)14(20)9-3-5-11(22-15(17)18)12(7-9)21-2/h3-7,15H,8H2,1-2H3. The molecule has 0 fully saturated rings. The zero-order valence-corrected chi connectivity index (χ0v) is 14.0. The molecule has 8 heteroatoms. The molecule has 1 aromatic carbocycles. The zero-order chi connectivity index (χ0) is 17.0. The first kappa shape index (κ1) is 17.5. The highest BCUT2D eigenvalue weighted by Crippen LogP contribution is 2.30. The fraction of sp³-hybridized carbons (Fsp3) is 0.267. The lowest BCUT2D eigenvalue weighted by Gasteiger charge is -2.17. The lowest BCUT2D eigenvalue weighted by molar-refractivity contribution is -0.0512. The summed E-state index contributed by atoms with van der Waals surface area (Å²) in [7, 11) is 2.96. The SMILES string of the molecule is COc1cc(C(=O)N(C)Cc2ccc(Cl)s2)ccc1OC(F)F. The van der Waals surface area contributed by atoms with Crippen LogP contribution in [0.3, 0.4) is 0 Å². The second kappa shape index (κ2) is 7.61. The highest BCUT2D eigenvalue weighted by atomic mass is 35.5. The van der Waals surface area contributed by atoms with E-state index in [1.165, 1.54) is 41.5 Å². The number of amides is 1. The second-order valence-corrected chi connectivity index (χ2v) is 6.41. The molecular weight excluding hydrogens is 348 g/mol. The van der Waals surface area contributed by atoms with Crippen LogP contribution in [0.2, 0.25) is 4.34 Å². The van der Waals surface area contributed by atoms with Gasteiger partial charge in [-0.3, -0.25) is 4.79 Å². The summed E-state index contributed by atoms with van der Waals surface area (Å²) >= 11 is 7.25. The normalized spacial score (nSPS) is 10.7. The second-order valence-electron chi connectivity index (χ2n) is 4.61. The first-order chi connectivity index (χ1) is 10.9. The molecule has 1 amide bonds. The molecule has 0 aliphatic carbocycles. The Kier molecular flexibility index (Phi) is 5.79. The molecule has 0 saturated carbocycles. The van der Waals surface area contributed by atoms with Gasteiger partial charge in [0, 0.05) is 17.5 Å². The summed E-state index contributed by atoms with van der Waals surface area (Å²) < 4.78 is 34.6. The molecule has 0 unspecified atom stereocenters. The van der Waals surface area contributed by atoms with Crippen molar-refractivity contribution in [3.05, 3.63) is 45.1 Å². The van der Waals surface area contributed by atoms with Gasteiger partial charge in [0.05, 0.1) is 18.0 Å². The average molecular weight is 362 g/mol.